The Hall–Kier alpha value is -1.32. The summed E-state index contributed by atoms with van der Waals surface area (Å²) >= 11 is 0. The van der Waals surface area contributed by atoms with Gasteiger partial charge in [-0.25, -0.2) is 8.78 Å². The molecule has 2 nitrogen and oxygen atoms in total. The third-order valence-corrected chi connectivity index (χ3v) is 1.51. The molecule has 0 aliphatic rings. The molecule has 0 aliphatic heterocycles. The van der Waals surface area contributed by atoms with Crippen LogP contribution in [0.25, 0.3) is 0 Å². The average molecular weight is 173 g/mol. The van der Waals surface area contributed by atoms with Gasteiger partial charge in [0.05, 0.1) is 12.8 Å². The van der Waals surface area contributed by atoms with Crippen molar-refractivity contribution in [3.8, 4) is 5.75 Å². The van der Waals surface area contributed by atoms with Gasteiger partial charge in [0.15, 0.2) is 0 Å². The van der Waals surface area contributed by atoms with Crippen molar-refractivity contribution in [3.05, 3.63) is 23.8 Å². The van der Waals surface area contributed by atoms with Crippen LogP contribution in [-0.4, -0.2) is 7.11 Å². The first kappa shape index (κ1) is 8.77. The maximum atomic E-state index is 12.1. The molecule has 0 heterocycles. The minimum Gasteiger partial charge on any atom is -0.495 e. The Morgan fingerprint density at radius 3 is 2.50 bits per heavy atom. The maximum absolute atomic E-state index is 12.1. The Bertz CT molecular complexity index is 276. The van der Waals surface area contributed by atoms with Crippen LogP contribution >= 0.6 is 0 Å². The van der Waals surface area contributed by atoms with Crippen LogP contribution in [0.5, 0.6) is 5.75 Å². The number of hydrogen-bond donors (Lipinski definition) is 1. The van der Waals surface area contributed by atoms with E-state index in [2.05, 4.69) is 0 Å². The lowest BCUT2D eigenvalue weighted by atomic mass is 10.2. The molecular formula is C8H9F2NO. The van der Waals surface area contributed by atoms with Gasteiger partial charge in [0.1, 0.15) is 5.75 Å². The van der Waals surface area contributed by atoms with E-state index in [0.29, 0.717) is 5.75 Å². The molecule has 0 saturated carbocycles. The number of rotatable bonds is 2. The fourth-order valence-electron chi connectivity index (χ4n) is 0.889. The van der Waals surface area contributed by atoms with E-state index in [1.807, 2.05) is 0 Å². The lowest BCUT2D eigenvalue weighted by Gasteiger charge is -2.05. The molecule has 4 heteroatoms. The zero-order valence-corrected chi connectivity index (χ0v) is 6.55. The zero-order chi connectivity index (χ0) is 9.14. The first-order valence-electron chi connectivity index (χ1n) is 3.36. The zero-order valence-electron chi connectivity index (χ0n) is 6.55. The fourth-order valence-corrected chi connectivity index (χ4v) is 0.889. The molecule has 0 radical (unpaired) electrons. The van der Waals surface area contributed by atoms with Gasteiger partial charge in [-0.3, -0.25) is 0 Å². The molecule has 66 valence electrons. The quantitative estimate of drug-likeness (QED) is 0.696. The summed E-state index contributed by atoms with van der Waals surface area (Å²) in [5.74, 6) is 0.416. The van der Waals surface area contributed by atoms with Crippen molar-refractivity contribution < 1.29 is 13.5 Å². The van der Waals surface area contributed by atoms with Crippen LogP contribution in [0.15, 0.2) is 18.2 Å². The van der Waals surface area contributed by atoms with Crippen molar-refractivity contribution in [2.24, 2.45) is 0 Å². The van der Waals surface area contributed by atoms with Gasteiger partial charge < -0.3 is 10.5 Å². The third kappa shape index (κ3) is 1.64. The highest BCUT2D eigenvalue weighted by molar-refractivity contribution is 5.54. The van der Waals surface area contributed by atoms with E-state index >= 15 is 0 Å². The second kappa shape index (κ2) is 3.38. The number of ether oxygens (including phenoxy) is 1. The lowest BCUT2D eigenvalue weighted by Crippen LogP contribution is -1.94. The van der Waals surface area contributed by atoms with Gasteiger partial charge in [0, 0.05) is 5.56 Å². The topological polar surface area (TPSA) is 35.2 Å². The Kier molecular flexibility index (Phi) is 2.47. The summed E-state index contributed by atoms with van der Waals surface area (Å²) in [6.07, 6.45) is -2.49. The molecule has 0 amide bonds. The van der Waals surface area contributed by atoms with E-state index in [1.165, 1.54) is 25.3 Å². The van der Waals surface area contributed by atoms with Crippen LogP contribution in [0.1, 0.15) is 12.0 Å². The van der Waals surface area contributed by atoms with E-state index < -0.39 is 6.43 Å². The van der Waals surface area contributed by atoms with E-state index in [0.717, 1.165) is 0 Å². The summed E-state index contributed by atoms with van der Waals surface area (Å²) in [4.78, 5) is 0. The van der Waals surface area contributed by atoms with Crippen molar-refractivity contribution in [1.82, 2.24) is 0 Å². The number of anilines is 1. The van der Waals surface area contributed by atoms with Gasteiger partial charge in [0.25, 0.3) is 6.43 Å². The van der Waals surface area contributed by atoms with Crippen LogP contribution in [0.2, 0.25) is 0 Å². The van der Waals surface area contributed by atoms with Gasteiger partial charge in [-0.15, -0.1) is 0 Å². The summed E-state index contributed by atoms with van der Waals surface area (Å²) in [6.45, 7) is 0. The van der Waals surface area contributed by atoms with Crippen LogP contribution in [0.3, 0.4) is 0 Å². The van der Waals surface area contributed by atoms with Crippen molar-refractivity contribution in [3.63, 3.8) is 0 Å². The summed E-state index contributed by atoms with van der Waals surface area (Å²) in [6, 6.07) is 3.93. The maximum Gasteiger partial charge on any atom is 0.263 e. The van der Waals surface area contributed by atoms with Gasteiger partial charge >= 0.3 is 0 Å². The Morgan fingerprint density at radius 2 is 2.08 bits per heavy atom. The fraction of sp³-hybridized carbons (Fsp3) is 0.250. The van der Waals surface area contributed by atoms with Crippen molar-refractivity contribution in [2.75, 3.05) is 12.8 Å². The predicted molar refractivity (Wildman–Crippen MR) is 42.4 cm³/mol. The summed E-state index contributed by atoms with van der Waals surface area (Å²) < 4.78 is 29.0. The Labute approximate surface area is 68.9 Å². The molecule has 12 heavy (non-hydrogen) atoms. The molecule has 2 N–H and O–H groups in total. The molecular weight excluding hydrogens is 164 g/mol. The van der Waals surface area contributed by atoms with Gasteiger partial charge in [-0.2, -0.15) is 0 Å². The summed E-state index contributed by atoms with van der Waals surface area (Å²) in [5, 5.41) is 0. The van der Waals surface area contributed by atoms with Crippen LogP contribution in [0, 0.1) is 0 Å². The standard InChI is InChI=1S/C8H9F2NO/c1-12-7-3-2-5(8(9)10)4-6(7)11/h2-4,8H,11H2,1H3. The van der Waals surface area contributed by atoms with E-state index in [9.17, 15) is 8.78 Å². The van der Waals surface area contributed by atoms with E-state index in [4.69, 9.17) is 10.5 Å². The number of nitrogens with two attached hydrogens (primary N) is 1. The molecule has 0 bridgehead atoms. The second-order valence-electron chi connectivity index (χ2n) is 2.30. The molecule has 0 atom stereocenters. The number of halogens is 2. The van der Waals surface area contributed by atoms with Crippen molar-refractivity contribution in [2.45, 2.75) is 6.43 Å². The molecule has 1 aromatic carbocycles. The molecule has 0 aromatic heterocycles. The first-order valence-corrected chi connectivity index (χ1v) is 3.36. The molecule has 0 fully saturated rings. The molecule has 1 aromatic rings. The molecule has 0 spiro atoms. The highest BCUT2D eigenvalue weighted by Crippen LogP contribution is 2.27. The normalized spacial score (nSPS) is 10.3. The smallest absolute Gasteiger partial charge is 0.263 e. The lowest BCUT2D eigenvalue weighted by molar-refractivity contribution is 0.151. The minimum absolute atomic E-state index is 0.0895. The van der Waals surface area contributed by atoms with Gasteiger partial charge in [-0.05, 0) is 18.2 Å². The SMILES string of the molecule is COc1ccc(C(F)F)cc1N. The van der Waals surface area contributed by atoms with Gasteiger partial charge in [0.2, 0.25) is 0 Å². The Morgan fingerprint density at radius 1 is 1.42 bits per heavy atom. The predicted octanol–water partition coefficient (Wildman–Crippen LogP) is 2.21. The van der Waals surface area contributed by atoms with Crippen LogP contribution < -0.4 is 10.5 Å². The third-order valence-electron chi connectivity index (χ3n) is 1.51. The molecule has 0 unspecified atom stereocenters. The second-order valence-corrected chi connectivity index (χ2v) is 2.30. The highest BCUT2D eigenvalue weighted by atomic mass is 19.3. The number of nitrogen functional groups attached to an aromatic ring is 1. The van der Waals surface area contributed by atoms with E-state index in [-0.39, 0.29) is 11.3 Å². The van der Waals surface area contributed by atoms with Gasteiger partial charge in [-0.1, -0.05) is 0 Å². The number of hydrogen-bond acceptors (Lipinski definition) is 2. The minimum atomic E-state index is -2.49. The molecule has 1 rings (SSSR count). The van der Waals surface area contributed by atoms with Crippen LogP contribution in [0.4, 0.5) is 14.5 Å². The molecule has 0 aliphatic carbocycles. The number of alkyl halides is 2. The van der Waals surface area contributed by atoms with Crippen LogP contribution in [-0.2, 0) is 0 Å². The van der Waals surface area contributed by atoms with Crippen molar-refractivity contribution in [1.29, 1.82) is 0 Å². The highest BCUT2D eigenvalue weighted by Gasteiger charge is 2.08. The largest absolute Gasteiger partial charge is 0.495 e. The first-order chi connectivity index (χ1) is 5.65. The Balaban J connectivity index is 3.02. The molecule has 0 saturated heterocycles. The summed E-state index contributed by atoms with van der Waals surface area (Å²) in [7, 11) is 1.44. The monoisotopic (exact) mass is 173 g/mol. The van der Waals surface area contributed by atoms with Crippen molar-refractivity contribution >= 4 is 5.69 Å². The average Bonchev–Trinajstić information content (AvgIpc) is 2.04. The number of benzene rings is 1. The number of methoxy groups -OCH3 is 1. The summed E-state index contributed by atoms with van der Waals surface area (Å²) in [5.41, 5.74) is 5.55. The van der Waals surface area contributed by atoms with E-state index in [1.54, 1.807) is 0 Å².